The molecule has 3 aromatic rings. The molecule has 2 atom stereocenters. The van der Waals surface area contributed by atoms with E-state index < -0.39 is 0 Å². The van der Waals surface area contributed by atoms with Crippen LogP contribution in [0, 0.1) is 6.92 Å². The van der Waals surface area contributed by atoms with Crippen LogP contribution in [0.1, 0.15) is 23.4 Å². The molecular weight excluding hydrogens is 254 g/mol. The Balaban J connectivity index is 2.18. The third-order valence-electron chi connectivity index (χ3n) is 3.44. The maximum Gasteiger partial charge on any atom is 0.102 e. The molecule has 0 amide bonds. The molecule has 4 heteroatoms. The Morgan fingerprint density at radius 3 is 2.74 bits per heavy atom. The zero-order chi connectivity index (χ0) is 13.4. The molecule has 0 radical (unpaired) electrons. The number of hydrogen-bond acceptors (Lipinski definition) is 3. The zero-order valence-corrected chi connectivity index (χ0v) is 11.9. The third kappa shape index (κ3) is 2.07. The van der Waals surface area contributed by atoms with E-state index in [0.717, 1.165) is 10.9 Å². The number of nitrogens with zero attached hydrogens (tertiary/aromatic N) is 2. The average molecular weight is 271 g/mol. The van der Waals surface area contributed by atoms with E-state index in [0.29, 0.717) is 0 Å². The monoisotopic (exact) mass is 271 g/mol. The van der Waals surface area contributed by atoms with Gasteiger partial charge in [0, 0.05) is 16.3 Å². The van der Waals surface area contributed by atoms with Gasteiger partial charge in [0.05, 0.1) is 11.7 Å². The molecule has 3 rings (SSSR count). The topological polar surface area (TPSA) is 43.8 Å². The molecule has 19 heavy (non-hydrogen) atoms. The van der Waals surface area contributed by atoms with Crippen LogP contribution in [0.15, 0.2) is 41.9 Å². The van der Waals surface area contributed by atoms with Crippen LogP contribution in [-0.2, 0) is 0 Å². The highest BCUT2D eigenvalue weighted by Gasteiger charge is 2.23. The largest absolute Gasteiger partial charge is 0.326 e. The van der Waals surface area contributed by atoms with E-state index in [9.17, 15) is 0 Å². The van der Waals surface area contributed by atoms with Crippen LogP contribution in [0.5, 0.6) is 0 Å². The standard InChI is InChI=1S/C15H17N3S/c1-10-7-8-19-15(10)14(11(2)16)18-13-6-4-3-5-12(13)9-17-18/h3-9,11,14H,16H2,1-2H3. The van der Waals surface area contributed by atoms with Gasteiger partial charge in [-0.05, 0) is 36.9 Å². The number of aryl methyl sites for hydroxylation is 1. The van der Waals surface area contributed by atoms with E-state index in [4.69, 9.17) is 5.73 Å². The van der Waals surface area contributed by atoms with Gasteiger partial charge in [0.25, 0.3) is 0 Å². The summed E-state index contributed by atoms with van der Waals surface area (Å²) in [5.74, 6) is 0. The van der Waals surface area contributed by atoms with Crippen molar-refractivity contribution in [3.8, 4) is 0 Å². The molecular formula is C15H17N3S. The van der Waals surface area contributed by atoms with Gasteiger partial charge in [-0.1, -0.05) is 18.2 Å². The van der Waals surface area contributed by atoms with Gasteiger partial charge in [0.15, 0.2) is 0 Å². The molecule has 0 spiro atoms. The van der Waals surface area contributed by atoms with Gasteiger partial charge < -0.3 is 5.73 Å². The van der Waals surface area contributed by atoms with Gasteiger partial charge in [-0.3, -0.25) is 4.68 Å². The molecule has 0 bridgehead atoms. The van der Waals surface area contributed by atoms with Crippen molar-refractivity contribution in [2.24, 2.45) is 5.73 Å². The van der Waals surface area contributed by atoms with E-state index in [1.165, 1.54) is 10.4 Å². The highest BCUT2D eigenvalue weighted by atomic mass is 32.1. The van der Waals surface area contributed by atoms with Crippen LogP contribution < -0.4 is 5.73 Å². The van der Waals surface area contributed by atoms with Crippen molar-refractivity contribution < 1.29 is 0 Å². The van der Waals surface area contributed by atoms with Crippen LogP contribution in [0.25, 0.3) is 10.9 Å². The fourth-order valence-electron chi connectivity index (χ4n) is 2.47. The quantitative estimate of drug-likeness (QED) is 0.794. The van der Waals surface area contributed by atoms with Crippen LogP contribution in [0.3, 0.4) is 0 Å². The van der Waals surface area contributed by atoms with Crippen molar-refractivity contribution in [1.82, 2.24) is 9.78 Å². The van der Waals surface area contributed by atoms with Gasteiger partial charge >= 0.3 is 0 Å². The van der Waals surface area contributed by atoms with Crippen molar-refractivity contribution >= 4 is 22.2 Å². The Morgan fingerprint density at radius 2 is 2.05 bits per heavy atom. The minimum absolute atomic E-state index is 0.0145. The van der Waals surface area contributed by atoms with Crippen LogP contribution in [0.4, 0.5) is 0 Å². The van der Waals surface area contributed by atoms with E-state index in [1.54, 1.807) is 11.3 Å². The van der Waals surface area contributed by atoms with E-state index in [-0.39, 0.29) is 12.1 Å². The molecule has 0 aliphatic heterocycles. The second-order valence-electron chi connectivity index (χ2n) is 4.92. The van der Waals surface area contributed by atoms with Crippen molar-refractivity contribution in [2.45, 2.75) is 25.9 Å². The summed E-state index contributed by atoms with van der Waals surface area (Å²) < 4.78 is 2.05. The smallest absolute Gasteiger partial charge is 0.102 e. The Morgan fingerprint density at radius 1 is 1.26 bits per heavy atom. The fraction of sp³-hybridized carbons (Fsp3) is 0.267. The first-order chi connectivity index (χ1) is 9.18. The van der Waals surface area contributed by atoms with Crippen molar-refractivity contribution in [3.05, 3.63) is 52.3 Å². The maximum atomic E-state index is 6.22. The van der Waals surface area contributed by atoms with Gasteiger partial charge in [-0.15, -0.1) is 11.3 Å². The number of aromatic nitrogens is 2. The molecule has 0 aliphatic rings. The van der Waals surface area contributed by atoms with E-state index in [1.807, 2.05) is 25.3 Å². The first-order valence-corrected chi connectivity index (χ1v) is 7.28. The van der Waals surface area contributed by atoms with Crippen molar-refractivity contribution in [1.29, 1.82) is 0 Å². The first-order valence-electron chi connectivity index (χ1n) is 6.40. The summed E-state index contributed by atoms with van der Waals surface area (Å²) in [4.78, 5) is 1.30. The Hall–Kier alpha value is -1.65. The van der Waals surface area contributed by atoms with Crippen LogP contribution in [0.2, 0.25) is 0 Å². The zero-order valence-electron chi connectivity index (χ0n) is 11.1. The number of hydrogen-bond donors (Lipinski definition) is 1. The summed E-state index contributed by atoms with van der Waals surface area (Å²) in [6, 6.07) is 10.5. The lowest BCUT2D eigenvalue weighted by Gasteiger charge is -2.22. The Bertz CT molecular complexity index is 696. The Labute approximate surface area is 116 Å². The van der Waals surface area contributed by atoms with E-state index in [2.05, 4.69) is 40.3 Å². The molecule has 0 saturated carbocycles. The molecule has 0 aliphatic carbocycles. The number of para-hydroxylation sites is 1. The molecule has 1 aromatic carbocycles. The number of benzene rings is 1. The van der Waals surface area contributed by atoms with Gasteiger partial charge in [-0.2, -0.15) is 5.10 Å². The summed E-state index contributed by atoms with van der Waals surface area (Å²) in [6.07, 6.45) is 1.91. The number of rotatable bonds is 3. The minimum atomic E-state index is 0.0145. The third-order valence-corrected chi connectivity index (χ3v) is 4.53. The molecule has 2 aromatic heterocycles. The molecule has 2 unspecified atom stereocenters. The number of thiophene rings is 1. The van der Waals surface area contributed by atoms with Crippen LogP contribution >= 0.6 is 11.3 Å². The summed E-state index contributed by atoms with van der Waals surface area (Å²) in [7, 11) is 0. The summed E-state index contributed by atoms with van der Waals surface area (Å²) >= 11 is 1.75. The number of nitrogens with two attached hydrogens (primary N) is 1. The highest BCUT2D eigenvalue weighted by Crippen LogP contribution is 2.31. The van der Waals surface area contributed by atoms with E-state index >= 15 is 0 Å². The van der Waals surface area contributed by atoms with Crippen LogP contribution in [-0.4, -0.2) is 15.8 Å². The second-order valence-corrected chi connectivity index (χ2v) is 5.87. The van der Waals surface area contributed by atoms with Crippen molar-refractivity contribution in [2.75, 3.05) is 0 Å². The predicted octanol–water partition coefficient (Wildman–Crippen LogP) is 3.34. The summed E-state index contributed by atoms with van der Waals surface area (Å²) in [5, 5.41) is 7.83. The maximum absolute atomic E-state index is 6.22. The minimum Gasteiger partial charge on any atom is -0.326 e. The molecule has 0 fully saturated rings. The molecule has 3 nitrogen and oxygen atoms in total. The second kappa shape index (κ2) is 4.79. The first kappa shape index (κ1) is 12.4. The normalized spacial score (nSPS) is 14.7. The summed E-state index contributed by atoms with van der Waals surface area (Å²) in [5.41, 5.74) is 8.65. The lowest BCUT2D eigenvalue weighted by atomic mass is 10.1. The fourth-order valence-corrected chi connectivity index (χ4v) is 3.60. The van der Waals surface area contributed by atoms with Gasteiger partial charge in [0.2, 0.25) is 0 Å². The van der Waals surface area contributed by atoms with Crippen molar-refractivity contribution in [3.63, 3.8) is 0 Å². The molecule has 98 valence electrons. The summed E-state index contributed by atoms with van der Waals surface area (Å²) in [6.45, 7) is 4.17. The lowest BCUT2D eigenvalue weighted by Crippen LogP contribution is -2.30. The SMILES string of the molecule is Cc1ccsc1C(C(C)N)n1ncc2ccccc21. The number of fused-ring (bicyclic) bond motifs is 1. The lowest BCUT2D eigenvalue weighted by molar-refractivity contribution is 0.471. The average Bonchev–Trinajstić information content (AvgIpc) is 2.98. The Kier molecular flexibility index (Phi) is 3.12. The highest BCUT2D eigenvalue weighted by molar-refractivity contribution is 7.10. The molecule has 2 heterocycles. The molecule has 2 N–H and O–H groups in total. The van der Waals surface area contributed by atoms with Gasteiger partial charge in [-0.25, -0.2) is 0 Å². The molecule has 0 saturated heterocycles. The predicted molar refractivity (Wildman–Crippen MR) is 80.6 cm³/mol. The van der Waals surface area contributed by atoms with Gasteiger partial charge in [0.1, 0.15) is 6.04 Å².